The Bertz CT molecular complexity index is 879. The zero-order valence-corrected chi connectivity index (χ0v) is 17.9. The van der Waals surface area contributed by atoms with E-state index in [0.717, 1.165) is 34.6 Å². The average molecular weight is 418 g/mol. The van der Waals surface area contributed by atoms with Gasteiger partial charge in [-0.2, -0.15) is 0 Å². The van der Waals surface area contributed by atoms with Crippen LogP contribution in [0, 0.1) is 11.8 Å². The van der Waals surface area contributed by atoms with E-state index in [2.05, 4.69) is 31.5 Å². The SMILES string of the molecule is C[N+](C)(Cc1ccc(NC(=O)c2ccc(Cl)c(Cl)c2)cc1)C1CC2CCC1C2. The fourth-order valence-corrected chi connectivity index (χ4v) is 5.49. The molecule has 2 bridgehead atoms. The van der Waals surface area contributed by atoms with Gasteiger partial charge in [0, 0.05) is 29.2 Å². The van der Waals surface area contributed by atoms with Gasteiger partial charge in [-0.15, -0.1) is 0 Å². The van der Waals surface area contributed by atoms with Crippen molar-refractivity contribution in [3.63, 3.8) is 0 Å². The Morgan fingerprint density at radius 2 is 1.79 bits per heavy atom. The Kier molecular flexibility index (Phi) is 5.43. The van der Waals surface area contributed by atoms with Crippen molar-refractivity contribution in [3.05, 3.63) is 63.6 Å². The molecule has 2 aliphatic rings. The minimum Gasteiger partial charge on any atom is -0.322 e. The van der Waals surface area contributed by atoms with Crippen molar-refractivity contribution < 1.29 is 9.28 Å². The van der Waals surface area contributed by atoms with E-state index < -0.39 is 0 Å². The first-order valence-electron chi connectivity index (χ1n) is 10.00. The lowest BCUT2D eigenvalue weighted by Crippen LogP contribution is -2.50. The highest BCUT2D eigenvalue weighted by molar-refractivity contribution is 6.42. The molecule has 2 fully saturated rings. The second-order valence-corrected chi connectivity index (χ2v) is 9.77. The summed E-state index contributed by atoms with van der Waals surface area (Å²) in [6.45, 7) is 1.02. The molecule has 0 heterocycles. The van der Waals surface area contributed by atoms with Gasteiger partial charge in [-0.3, -0.25) is 4.79 Å². The van der Waals surface area contributed by atoms with Crippen molar-refractivity contribution in [2.45, 2.75) is 38.3 Å². The van der Waals surface area contributed by atoms with Gasteiger partial charge >= 0.3 is 0 Å². The molecular formula is C23H27Cl2N2O+. The first kappa shape index (κ1) is 19.8. The van der Waals surface area contributed by atoms with E-state index in [0.29, 0.717) is 15.6 Å². The molecule has 5 heteroatoms. The summed E-state index contributed by atoms with van der Waals surface area (Å²) in [5, 5.41) is 3.75. The Balaban J connectivity index is 1.39. The molecule has 2 aliphatic carbocycles. The minimum atomic E-state index is -0.190. The highest BCUT2D eigenvalue weighted by Crippen LogP contribution is 2.48. The predicted octanol–water partition coefficient (Wildman–Crippen LogP) is 6.01. The molecule has 0 aromatic heterocycles. The lowest BCUT2D eigenvalue weighted by Gasteiger charge is -2.40. The summed E-state index contributed by atoms with van der Waals surface area (Å²) in [5.41, 5.74) is 2.58. The van der Waals surface area contributed by atoms with E-state index in [4.69, 9.17) is 23.2 Å². The molecule has 3 atom stereocenters. The van der Waals surface area contributed by atoms with Gasteiger partial charge in [0.15, 0.2) is 0 Å². The Morgan fingerprint density at radius 1 is 1.04 bits per heavy atom. The normalized spacial score (nSPS) is 23.8. The molecule has 0 radical (unpaired) electrons. The molecule has 1 amide bonds. The van der Waals surface area contributed by atoms with Crippen LogP contribution in [0.4, 0.5) is 5.69 Å². The number of hydrogen-bond donors (Lipinski definition) is 1. The average Bonchev–Trinajstić information content (AvgIpc) is 3.29. The largest absolute Gasteiger partial charge is 0.322 e. The highest BCUT2D eigenvalue weighted by atomic mass is 35.5. The Labute approximate surface area is 177 Å². The van der Waals surface area contributed by atoms with Crippen LogP contribution in [0.1, 0.15) is 41.6 Å². The number of rotatable bonds is 5. The molecule has 148 valence electrons. The van der Waals surface area contributed by atoms with Gasteiger partial charge in [0.25, 0.3) is 5.91 Å². The molecule has 0 saturated heterocycles. The Hall–Kier alpha value is -1.55. The summed E-state index contributed by atoms with van der Waals surface area (Å²) in [6, 6.07) is 13.9. The summed E-state index contributed by atoms with van der Waals surface area (Å²) < 4.78 is 1.05. The van der Waals surface area contributed by atoms with E-state index >= 15 is 0 Å². The smallest absolute Gasteiger partial charge is 0.255 e. The second-order valence-electron chi connectivity index (χ2n) is 8.96. The van der Waals surface area contributed by atoms with Gasteiger partial charge in [-0.05, 0) is 55.5 Å². The number of carbonyl (C=O) groups is 1. The number of carbonyl (C=O) groups excluding carboxylic acids is 1. The zero-order valence-electron chi connectivity index (χ0n) is 16.4. The first-order chi connectivity index (χ1) is 13.3. The standard InChI is InChI=1S/C23H26Cl2N2O/c1-27(2,22-12-16-3-6-17(22)11-16)14-15-4-8-19(9-5-15)26-23(28)18-7-10-20(24)21(25)13-18/h4-5,7-10,13,16-17,22H,3,6,11-12,14H2,1-2H3/p+1. The maximum atomic E-state index is 12.4. The molecule has 3 unspecified atom stereocenters. The molecule has 2 saturated carbocycles. The van der Waals surface area contributed by atoms with Gasteiger partial charge in [0.1, 0.15) is 6.54 Å². The van der Waals surface area contributed by atoms with Crippen LogP contribution >= 0.6 is 23.2 Å². The molecule has 2 aromatic carbocycles. The fourth-order valence-electron chi connectivity index (χ4n) is 5.19. The van der Waals surface area contributed by atoms with Crippen LogP contribution in [-0.2, 0) is 6.54 Å². The molecular weight excluding hydrogens is 391 g/mol. The highest BCUT2D eigenvalue weighted by Gasteiger charge is 2.47. The number of quaternary nitrogens is 1. The second kappa shape index (κ2) is 7.70. The molecule has 28 heavy (non-hydrogen) atoms. The number of halogens is 2. The van der Waals surface area contributed by atoms with Crippen LogP contribution in [0.5, 0.6) is 0 Å². The molecule has 0 aliphatic heterocycles. The van der Waals surface area contributed by atoms with Crippen molar-refractivity contribution in [1.29, 1.82) is 0 Å². The topological polar surface area (TPSA) is 29.1 Å². The summed E-state index contributed by atoms with van der Waals surface area (Å²) in [6.07, 6.45) is 5.67. The molecule has 2 aromatic rings. The third kappa shape index (κ3) is 4.07. The van der Waals surface area contributed by atoms with Gasteiger partial charge in [0.2, 0.25) is 0 Å². The predicted molar refractivity (Wildman–Crippen MR) is 116 cm³/mol. The maximum Gasteiger partial charge on any atom is 0.255 e. The molecule has 0 spiro atoms. The lowest BCUT2D eigenvalue weighted by molar-refractivity contribution is -0.931. The van der Waals surface area contributed by atoms with Gasteiger partial charge in [-0.25, -0.2) is 0 Å². The van der Waals surface area contributed by atoms with Gasteiger partial charge < -0.3 is 9.80 Å². The molecule has 1 N–H and O–H groups in total. The van der Waals surface area contributed by atoms with Crippen LogP contribution in [0.2, 0.25) is 10.0 Å². The fraction of sp³-hybridized carbons (Fsp3) is 0.435. The zero-order chi connectivity index (χ0) is 19.9. The number of anilines is 1. The van der Waals surface area contributed by atoms with Crippen LogP contribution in [0.15, 0.2) is 42.5 Å². The third-order valence-corrected chi connectivity index (χ3v) is 7.32. The van der Waals surface area contributed by atoms with Crippen LogP contribution in [0.3, 0.4) is 0 Å². The monoisotopic (exact) mass is 417 g/mol. The van der Waals surface area contributed by atoms with Crippen molar-refractivity contribution in [2.75, 3.05) is 19.4 Å². The van der Waals surface area contributed by atoms with Crippen molar-refractivity contribution >= 4 is 34.8 Å². The summed E-state index contributed by atoms with van der Waals surface area (Å²) >= 11 is 11.9. The number of nitrogens with one attached hydrogen (secondary N) is 1. The van der Waals surface area contributed by atoms with E-state index in [1.165, 1.54) is 31.2 Å². The van der Waals surface area contributed by atoms with Crippen molar-refractivity contribution in [3.8, 4) is 0 Å². The summed E-state index contributed by atoms with van der Waals surface area (Å²) in [5.74, 6) is 1.68. The van der Waals surface area contributed by atoms with Gasteiger partial charge in [-0.1, -0.05) is 35.3 Å². The first-order valence-corrected chi connectivity index (χ1v) is 10.8. The van der Waals surface area contributed by atoms with Crippen molar-refractivity contribution in [1.82, 2.24) is 0 Å². The number of hydrogen-bond acceptors (Lipinski definition) is 1. The summed E-state index contributed by atoms with van der Waals surface area (Å²) in [4.78, 5) is 12.4. The van der Waals surface area contributed by atoms with Crippen LogP contribution in [0.25, 0.3) is 0 Å². The van der Waals surface area contributed by atoms with E-state index in [1.54, 1.807) is 18.2 Å². The number of nitrogens with zero attached hydrogens (tertiary/aromatic N) is 1. The summed E-state index contributed by atoms with van der Waals surface area (Å²) in [7, 11) is 4.73. The van der Waals surface area contributed by atoms with E-state index in [-0.39, 0.29) is 5.91 Å². The quantitative estimate of drug-likeness (QED) is 0.592. The van der Waals surface area contributed by atoms with Crippen molar-refractivity contribution in [2.24, 2.45) is 11.8 Å². The van der Waals surface area contributed by atoms with E-state index in [9.17, 15) is 4.79 Å². The van der Waals surface area contributed by atoms with E-state index in [1.807, 2.05) is 12.1 Å². The lowest BCUT2D eigenvalue weighted by atomic mass is 9.92. The maximum absolute atomic E-state index is 12.4. The number of benzene rings is 2. The number of amides is 1. The van der Waals surface area contributed by atoms with Crippen LogP contribution in [-0.4, -0.2) is 30.5 Å². The van der Waals surface area contributed by atoms with Gasteiger partial charge in [0.05, 0.1) is 30.2 Å². The minimum absolute atomic E-state index is 0.190. The Morgan fingerprint density at radius 3 is 2.39 bits per heavy atom. The van der Waals surface area contributed by atoms with Crippen LogP contribution < -0.4 is 5.32 Å². The molecule has 4 rings (SSSR count). The third-order valence-electron chi connectivity index (χ3n) is 6.58. The molecule has 3 nitrogen and oxygen atoms in total. The number of fused-ring (bicyclic) bond motifs is 2.